The Morgan fingerprint density at radius 1 is 0.906 bits per heavy atom. The summed E-state index contributed by atoms with van der Waals surface area (Å²) in [5.41, 5.74) is 2.41. The van der Waals surface area contributed by atoms with E-state index in [1.165, 1.54) is 0 Å². The van der Waals surface area contributed by atoms with Crippen molar-refractivity contribution in [1.82, 2.24) is 0 Å². The van der Waals surface area contributed by atoms with E-state index in [1.807, 2.05) is 84.0 Å². The van der Waals surface area contributed by atoms with Gasteiger partial charge in [-0.25, -0.2) is 4.79 Å². The second kappa shape index (κ2) is 10.6. The SMILES string of the molecule is C=CCCC(Cc1cccc(-c2cccc(C(=O)OC(C)(C)C)c2)c1)C(=O)OC(C)(C)C. The second-order valence-corrected chi connectivity index (χ2v) is 10.1. The molecule has 4 heteroatoms. The van der Waals surface area contributed by atoms with Crippen LogP contribution in [0.25, 0.3) is 11.1 Å². The summed E-state index contributed by atoms with van der Waals surface area (Å²) in [6.45, 7) is 15.0. The number of rotatable bonds is 8. The summed E-state index contributed by atoms with van der Waals surface area (Å²) in [4.78, 5) is 25.2. The lowest BCUT2D eigenvalue weighted by Crippen LogP contribution is -2.29. The van der Waals surface area contributed by atoms with Crippen molar-refractivity contribution in [3.63, 3.8) is 0 Å². The highest BCUT2D eigenvalue weighted by Gasteiger charge is 2.25. The van der Waals surface area contributed by atoms with Gasteiger partial charge < -0.3 is 9.47 Å². The van der Waals surface area contributed by atoms with Gasteiger partial charge in [-0.05, 0) is 89.6 Å². The predicted molar refractivity (Wildman–Crippen MR) is 130 cm³/mol. The molecule has 0 aliphatic carbocycles. The van der Waals surface area contributed by atoms with Crippen LogP contribution >= 0.6 is 0 Å². The van der Waals surface area contributed by atoms with Gasteiger partial charge in [-0.2, -0.15) is 0 Å². The molecule has 1 atom stereocenters. The van der Waals surface area contributed by atoms with Crippen LogP contribution in [0.4, 0.5) is 0 Å². The van der Waals surface area contributed by atoms with Gasteiger partial charge in [0.2, 0.25) is 0 Å². The van der Waals surface area contributed by atoms with Crippen molar-refractivity contribution in [2.24, 2.45) is 5.92 Å². The first-order chi connectivity index (χ1) is 14.9. The molecule has 0 aliphatic heterocycles. The molecule has 2 rings (SSSR count). The van der Waals surface area contributed by atoms with E-state index in [2.05, 4.69) is 12.6 Å². The van der Waals surface area contributed by atoms with E-state index in [-0.39, 0.29) is 17.9 Å². The zero-order valence-corrected chi connectivity index (χ0v) is 20.2. The van der Waals surface area contributed by atoms with Crippen molar-refractivity contribution in [3.8, 4) is 11.1 Å². The minimum absolute atomic E-state index is 0.184. The van der Waals surface area contributed by atoms with Gasteiger partial charge in [0.25, 0.3) is 0 Å². The highest BCUT2D eigenvalue weighted by molar-refractivity contribution is 5.91. The van der Waals surface area contributed by atoms with E-state index in [0.29, 0.717) is 18.4 Å². The van der Waals surface area contributed by atoms with Crippen molar-refractivity contribution in [1.29, 1.82) is 0 Å². The van der Waals surface area contributed by atoms with Gasteiger partial charge in [0.15, 0.2) is 0 Å². The molecule has 0 amide bonds. The fraction of sp³-hybridized carbons (Fsp3) is 0.429. The average Bonchev–Trinajstić information content (AvgIpc) is 2.69. The van der Waals surface area contributed by atoms with Crippen molar-refractivity contribution >= 4 is 11.9 Å². The first-order valence-electron chi connectivity index (χ1n) is 11.1. The largest absolute Gasteiger partial charge is 0.460 e. The molecule has 0 spiro atoms. The Bertz CT molecular complexity index is 944. The van der Waals surface area contributed by atoms with Crippen molar-refractivity contribution in [2.45, 2.75) is 72.0 Å². The number of carbonyl (C=O) groups is 2. The predicted octanol–water partition coefficient (Wildman–Crippen LogP) is 6.78. The third-order valence-corrected chi connectivity index (χ3v) is 4.70. The van der Waals surface area contributed by atoms with Crippen molar-refractivity contribution < 1.29 is 19.1 Å². The maximum absolute atomic E-state index is 12.7. The highest BCUT2D eigenvalue weighted by atomic mass is 16.6. The van der Waals surface area contributed by atoms with Gasteiger partial charge in [-0.15, -0.1) is 6.58 Å². The van der Waals surface area contributed by atoms with Crippen LogP contribution in [0.2, 0.25) is 0 Å². The standard InChI is InChI=1S/C28H36O4/c1-8-9-13-23(25(29)31-27(2,3)4)18-20-12-10-14-21(17-20)22-15-11-16-24(19-22)26(30)32-28(5,6)7/h8,10-12,14-17,19,23H,1,9,13,18H2,2-7H3. The minimum Gasteiger partial charge on any atom is -0.460 e. The van der Waals surface area contributed by atoms with Gasteiger partial charge in [0.05, 0.1) is 11.5 Å². The van der Waals surface area contributed by atoms with E-state index in [4.69, 9.17) is 9.47 Å². The van der Waals surface area contributed by atoms with E-state index < -0.39 is 11.2 Å². The van der Waals surface area contributed by atoms with E-state index in [0.717, 1.165) is 23.1 Å². The lowest BCUT2D eigenvalue weighted by atomic mass is 9.92. The minimum atomic E-state index is -0.547. The molecule has 0 fully saturated rings. The molecule has 0 N–H and O–H groups in total. The Hall–Kier alpha value is -2.88. The average molecular weight is 437 g/mol. The second-order valence-electron chi connectivity index (χ2n) is 10.1. The summed E-state index contributed by atoms with van der Waals surface area (Å²) >= 11 is 0. The van der Waals surface area contributed by atoms with Crippen LogP contribution in [0.5, 0.6) is 0 Å². The van der Waals surface area contributed by atoms with Crippen LogP contribution in [-0.2, 0) is 20.7 Å². The van der Waals surface area contributed by atoms with E-state index in [1.54, 1.807) is 6.07 Å². The molecule has 0 aromatic heterocycles. The quantitative estimate of drug-likeness (QED) is 0.338. The Labute approximate surface area is 192 Å². The third kappa shape index (κ3) is 8.33. The zero-order valence-electron chi connectivity index (χ0n) is 20.2. The number of hydrogen-bond acceptors (Lipinski definition) is 4. The van der Waals surface area contributed by atoms with Crippen LogP contribution in [0.1, 0.15) is 70.3 Å². The molecular formula is C28H36O4. The fourth-order valence-corrected chi connectivity index (χ4v) is 3.33. The number of esters is 2. The van der Waals surface area contributed by atoms with Crippen LogP contribution in [-0.4, -0.2) is 23.1 Å². The molecule has 0 aliphatic rings. The molecule has 0 bridgehead atoms. The lowest BCUT2D eigenvalue weighted by Gasteiger charge is -2.24. The summed E-state index contributed by atoms with van der Waals surface area (Å²) in [7, 11) is 0. The fourth-order valence-electron chi connectivity index (χ4n) is 3.33. The number of allylic oxidation sites excluding steroid dienone is 1. The molecule has 2 aromatic rings. The molecule has 0 radical (unpaired) electrons. The first kappa shape index (κ1) is 25.4. The van der Waals surface area contributed by atoms with E-state index in [9.17, 15) is 9.59 Å². The molecule has 4 nitrogen and oxygen atoms in total. The van der Waals surface area contributed by atoms with Gasteiger partial charge in [-0.1, -0.05) is 42.5 Å². The summed E-state index contributed by atoms with van der Waals surface area (Å²) in [6, 6.07) is 15.5. The number of hydrogen-bond donors (Lipinski definition) is 0. The van der Waals surface area contributed by atoms with Crippen LogP contribution < -0.4 is 0 Å². The highest BCUT2D eigenvalue weighted by Crippen LogP contribution is 2.26. The van der Waals surface area contributed by atoms with Gasteiger partial charge in [0.1, 0.15) is 11.2 Å². The summed E-state index contributed by atoms with van der Waals surface area (Å²) in [6.07, 6.45) is 3.86. The number of benzene rings is 2. The molecule has 2 aromatic carbocycles. The Kier molecular flexibility index (Phi) is 8.43. The molecule has 0 heterocycles. The molecule has 1 unspecified atom stereocenters. The molecule has 172 valence electrons. The smallest absolute Gasteiger partial charge is 0.338 e. The van der Waals surface area contributed by atoms with Crippen LogP contribution in [0, 0.1) is 5.92 Å². The lowest BCUT2D eigenvalue weighted by molar-refractivity contribution is -0.160. The van der Waals surface area contributed by atoms with Crippen LogP contribution in [0.15, 0.2) is 61.2 Å². The Morgan fingerprint density at radius 3 is 2.09 bits per heavy atom. The zero-order chi connectivity index (χ0) is 23.9. The molecular weight excluding hydrogens is 400 g/mol. The van der Waals surface area contributed by atoms with Crippen LogP contribution in [0.3, 0.4) is 0 Å². The third-order valence-electron chi connectivity index (χ3n) is 4.70. The van der Waals surface area contributed by atoms with Crippen molar-refractivity contribution in [2.75, 3.05) is 0 Å². The van der Waals surface area contributed by atoms with Gasteiger partial charge in [-0.3, -0.25) is 4.79 Å². The topological polar surface area (TPSA) is 52.6 Å². The number of carbonyl (C=O) groups excluding carboxylic acids is 2. The van der Waals surface area contributed by atoms with Crippen molar-refractivity contribution in [3.05, 3.63) is 72.3 Å². The Morgan fingerprint density at radius 2 is 1.50 bits per heavy atom. The van der Waals surface area contributed by atoms with E-state index >= 15 is 0 Å². The molecule has 0 saturated heterocycles. The maximum Gasteiger partial charge on any atom is 0.338 e. The summed E-state index contributed by atoms with van der Waals surface area (Å²) < 4.78 is 11.1. The first-order valence-corrected chi connectivity index (χ1v) is 11.1. The van der Waals surface area contributed by atoms with Gasteiger partial charge in [0, 0.05) is 0 Å². The molecule has 32 heavy (non-hydrogen) atoms. The summed E-state index contributed by atoms with van der Waals surface area (Å²) in [5.74, 6) is -0.767. The Balaban J connectivity index is 2.25. The maximum atomic E-state index is 12.7. The monoisotopic (exact) mass is 436 g/mol. The number of ether oxygens (including phenoxy) is 2. The molecule has 0 saturated carbocycles. The normalized spacial score (nSPS) is 12.7. The van der Waals surface area contributed by atoms with Gasteiger partial charge >= 0.3 is 11.9 Å². The summed E-state index contributed by atoms with van der Waals surface area (Å²) in [5, 5.41) is 0.